The van der Waals surface area contributed by atoms with E-state index in [1.165, 1.54) is 12.3 Å². The third kappa shape index (κ3) is 4.60. The van der Waals surface area contributed by atoms with E-state index in [0.717, 1.165) is 25.6 Å². The van der Waals surface area contributed by atoms with Crippen molar-refractivity contribution in [3.05, 3.63) is 29.8 Å². The van der Waals surface area contributed by atoms with Gasteiger partial charge in [0, 0.05) is 18.3 Å². The summed E-state index contributed by atoms with van der Waals surface area (Å²) in [6.07, 6.45) is 4.42. The van der Waals surface area contributed by atoms with Crippen molar-refractivity contribution in [2.45, 2.75) is 31.8 Å². The van der Waals surface area contributed by atoms with E-state index < -0.39 is 5.82 Å². The number of rotatable bonds is 2. The second-order valence-electron chi connectivity index (χ2n) is 4.32. The van der Waals surface area contributed by atoms with Gasteiger partial charge in [-0.3, -0.25) is 9.78 Å². The average molecular weight is 310 g/mol. The highest BCUT2D eigenvalue weighted by atomic mass is 35.5. The quantitative estimate of drug-likeness (QED) is 0.878. The Balaban J connectivity index is 0.00000162. The number of nitrogens with zero attached hydrogens (tertiary/aromatic N) is 1. The molecule has 19 heavy (non-hydrogen) atoms. The van der Waals surface area contributed by atoms with Crippen molar-refractivity contribution in [1.29, 1.82) is 0 Å². The van der Waals surface area contributed by atoms with Gasteiger partial charge in [0.1, 0.15) is 0 Å². The molecule has 1 amide bonds. The van der Waals surface area contributed by atoms with Crippen molar-refractivity contribution in [1.82, 2.24) is 15.6 Å². The average Bonchev–Trinajstić information content (AvgIpc) is 2.32. The smallest absolute Gasteiger partial charge is 0.254 e. The number of carbonyl (C=O) groups is 1. The number of hydrogen-bond donors (Lipinski definition) is 2. The second kappa shape index (κ2) is 8.30. The molecule has 1 aromatic rings. The zero-order chi connectivity index (χ0) is 12.3. The van der Waals surface area contributed by atoms with Crippen LogP contribution in [0.2, 0.25) is 0 Å². The molecule has 2 N–H and O–H groups in total. The number of nitrogens with one attached hydrogen (secondary N) is 2. The molecule has 108 valence electrons. The Labute approximate surface area is 124 Å². The molecule has 0 aromatic carbocycles. The maximum absolute atomic E-state index is 13.4. The SMILES string of the molecule is CC1NCCCC1NC(=O)c1ccncc1F.Cl.Cl. The van der Waals surface area contributed by atoms with Crippen LogP contribution in [0.3, 0.4) is 0 Å². The highest BCUT2D eigenvalue weighted by Gasteiger charge is 2.23. The van der Waals surface area contributed by atoms with Crippen molar-refractivity contribution in [3.63, 3.8) is 0 Å². The molecule has 0 bridgehead atoms. The number of halogens is 3. The van der Waals surface area contributed by atoms with Crippen LogP contribution in [0.5, 0.6) is 0 Å². The molecular weight excluding hydrogens is 292 g/mol. The van der Waals surface area contributed by atoms with Gasteiger partial charge < -0.3 is 10.6 Å². The highest BCUT2D eigenvalue weighted by Crippen LogP contribution is 2.10. The molecule has 1 aliphatic rings. The van der Waals surface area contributed by atoms with Crippen molar-refractivity contribution in [2.24, 2.45) is 0 Å². The lowest BCUT2D eigenvalue weighted by molar-refractivity contribution is 0.0915. The summed E-state index contributed by atoms with van der Waals surface area (Å²) in [7, 11) is 0. The summed E-state index contributed by atoms with van der Waals surface area (Å²) in [4.78, 5) is 15.5. The van der Waals surface area contributed by atoms with E-state index >= 15 is 0 Å². The minimum Gasteiger partial charge on any atom is -0.348 e. The molecule has 0 spiro atoms. The van der Waals surface area contributed by atoms with Gasteiger partial charge in [0.05, 0.1) is 11.8 Å². The van der Waals surface area contributed by atoms with E-state index in [9.17, 15) is 9.18 Å². The fraction of sp³-hybridized carbons (Fsp3) is 0.500. The molecular formula is C12H18Cl2FN3O. The topological polar surface area (TPSA) is 54.0 Å². The Morgan fingerprint density at radius 3 is 2.89 bits per heavy atom. The first-order chi connectivity index (χ1) is 8.18. The normalized spacial score (nSPS) is 21.8. The largest absolute Gasteiger partial charge is 0.348 e. The molecule has 2 rings (SSSR count). The zero-order valence-electron chi connectivity index (χ0n) is 10.6. The molecule has 4 nitrogen and oxygen atoms in total. The van der Waals surface area contributed by atoms with Crippen LogP contribution in [0.1, 0.15) is 30.1 Å². The molecule has 2 atom stereocenters. The van der Waals surface area contributed by atoms with E-state index in [1.807, 2.05) is 6.92 Å². The molecule has 7 heteroatoms. The van der Waals surface area contributed by atoms with Crippen LogP contribution in [0.4, 0.5) is 4.39 Å². The maximum atomic E-state index is 13.4. The Bertz CT molecular complexity index is 420. The lowest BCUT2D eigenvalue weighted by Gasteiger charge is -2.30. The van der Waals surface area contributed by atoms with Gasteiger partial charge in [-0.05, 0) is 32.4 Å². The number of hydrogen-bond acceptors (Lipinski definition) is 3. The molecule has 1 fully saturated rings. The molecule has 0 aliphatic carbocycles. The standard InChI is InChI=1S/C12H16FN3O.2ClH/c1-8-11(3-2-5-15-8)16-12(17)9-4-6-14-7-10(9)13;;/h4,6-8,11,15H,2-3,5H2,1H3,(H,16,17);2*1H. The minimum atomic E-state index is -0.582. The van der Waals surface area contributed by atoms with Crippen LogP contribution in [0, 0.1) is 5.82 Å². The first-order valence-electron chi connectivity index (χ1n) is 5.82. The number of aromatic nitrogens is 1. The third-order valence-electron chi connectivity index (χ3n) is 3.10. The third-order valence-corrected chi connectivity index (χ3v) is 3.10. The van der Waals surface area contributed by atoms with Gasteiger partial charge >= 0.3 is 0 Å². The predicted molar refractivity (Wildman–Crippen MR) is 76.6 cm³/mol. The van der Waals surface area contributed by atoms with Crippen molar-refractivity contribution in [2.75, 3.05) is 6.54 Å². The van der Waals surface area contributed by atoms with E-state index in [0.29, 0.717) is 0 Å². The van der Waals surface area contributed by atoms with E-state index in [2.05, 4.69) is 15.6 Å². The monoisotopic (exact) mass is 309 g/mol. The van der Waals surface area contributed by atoms with Crippen molar-refractivity contribution in [3.8, 4) is 0 Å². The minimum absolute atomic E-state index is 0. The van der Waals surface area contributed by atoms with Gasteiger partial charge in [0.2, 0.25) is 0 Å². The number of carbonyl (C=O) groups excluding carboxylic acids is 1. The van der Waals surface area contributed by atoms with Crippen molar-refractivity contribution < 1.29 is 9.18 Å². The van der Waals surface area contributed by atoms with Gasteiger partial charge in [-0.2, -0.15) is 0 Å². The Hall–Kier alpha value is -0.910. The van der Waals surface area contributed by atoms with Crippen molar-refractivity contribution >= 4 is 30.7 Å². The van der Waals surface area contributed by atoms with Gasteiger partial charge in [-0.15, -0.1) is 24.8 Å². The summed E-state index contributed by atoms with van der Waals surface area (Å²) >= 11 is 0. The Morgan fingerprint density at radius 1 is 1.53 bits per heavy atom. The number of amides is 1. The maximum Gasteiger partial charge on any atom is 0.254 e. The summed E-state index contributed by atoms with van der Waals surface area (Å²) in [6, 6.07) is 1.67. The fourth-order valence-corrected chi connectivity index (χ4v) is 2.05. The van der Waals surface area contributed by atoms with Gasteiger partial charge in [-0.1, -0.05) is 0 Å². The summed E-state index contributed by atoms with van der Waals surface area (Å²) in [5, 5.41) is 6.14. The Kier molecular flexibility index (Phi) is 7.90. The second-order valence-corrected chi connectivity index (χ2v) is 4.32. The number of piperidine rings is 1. The first-order valence-corrected chi connectivity index (χ1v) is 5.82. The molecule has 1 aromatic heterocycles. The van der Waals surface area contributed by atoms with Crippen LogP contribution in [0.15, 0.2) is 18.5 Å². The van der Waals surface area contributed by atoms with Crippen LogP contribution in [-0.4, -0.2) is 29.5 Å². The fourth-order valence-electron chi connectivity index (χ4n) is 2.05. The summed E-state index contributed by atoms with van der Waals surface area (Å²) < 4.78 is 13.4. The van der Waals surface area contributed by atoms with Gasteiger partial charge in [0.15, 0.2) is 5.82 Å². The van der Waals surface area contributed by atoms with E-state index in [-0.39, 0.29) is 48.4 Å². The molecule has 0 radical (unpaired) electrons. The highest BCUT2D eigenvalue weighted by molar-refractivity contribution is 5.94. The van der Waals surface area contributed by atoms with Gasteiger partial charge in [-0.25, -0.2) is 4.39 Å². The molecule has 1 saturated heterocycles. The van der Waals surface area contributed by atoms with Gasteiger partial charge in [0.25, 0.3) is 5.91 Å². The summed E-state index contributed by atoms with van der Waals surface area (Å²) in [5.74, 6) is -0.952. The molecule has 0 saturated carbocycles. The van der Waals surface area contributed by atoms with E-state index in [1.54, 1.807) is 0 Å². The molecule has 2 unspecified atom stereocenters. The number of pyridine rings is 1. The molecule has 1 aliphatic heterocycles. The summed E-state index contributed by atoms with van der Waals surface area (Å²) in [5.41, 5.74) is 0.0535. The predicted octanol–water partition coefficient (Wildman–Crippen LogP) is 1.93. The lowest BCUT2D eigenvalue weighted by atomic mass is 9.99. The van der Waals surface area contributed by atoms with Crippen LogP contribution >= 0.6 is 24.8 Å². The lowest BCUT2D eigenvalue weighted by Crippen LogP contribution is -2.52. The zero-order valence-corrected chi connectivity index (χ0v) is 12.2. The molecule has 2 heterocycles. The van der Waals surface area contributed by atoms with Crippen LogP contribution < -0.4 is 10.6 Å². The van der Waals surface area contributed by atoms with E-state index in [4.69, 9.17) is 0 Å². The summed E-state index contributed by atoms with van der Waals surface area (Å²) in [6.45, 7) is 2.99. The van der Waals surface area contributed by atoms with Crippen LogP contribution in [0.25, 0.3) is 0 Å². The van der Waals surface area contributed by atoms with Crippen LogP contribution in [-0.2, 0) is 0 Å². The first kappa shape index (κ1) is 18.1. The Morgan fingerprint density at radius 2 is 2.26 bits per heavy atom.